The number of hydrogen-bond donors (Lipinski definition) is 2. The largest absolute Gasteiger partial charge is 0.423 e. The molecule has 2 rings (SSSR count). The Balaban J connectivity index is 2.02. The van der Waals surface area contributed by atoms with Crippen LogP contribution in [0.25, 0.3) is 0 Å². The van der Waals surface area contributed by atoms with Crippen LogP contribution in [0.1, 0.15) is 29.4 Å². The third-order valence-electron chi connectivity index (χ3n) is 2.97. The van der Waals surface area contributed by atoms with Crippen LogP contribution < -0.4 is 15.4 Å². The van der Waals surface area contributed by atoms with Crippen molar-refractivity contribution >= 4 is 17.7 Å². The highest BCUT2D eigenvalue weighted by Crippen LogP contribution is 2.18. The van der Waals surface area contributed by atoms with E-state index in [0.29, 0.717) is 23.5 Å². The summed E-state index contributed by atoms with van der Waals surface area (Å²) in [6.45, 7) is 4.37. The summed E-state index contributed by atoms with van der Waals surface area (Å²) < 4.78 is 5.32. The van der Waals surface area contributed by atoms with E-state index in [4.69, 9.17) is 4.74 Å². The van der Waals surface area contributed by atoms with E-state index in [1.165, 1.54) is 0 Å². The van der Waals surface area contributed by atoms with Gasteiger partial charge < -0.3 is 15.4 Å². The SMILES string of the molecule is CCCNC(=O)Nc1cccc(OC(=O)c2ccnc(C)c2)c1. The lowest BCUT2D eigenvalue weighted by Gasteiger charge is -2.09. The number of carbonyl (C=O) groups is 2. The van der Waals surface area contributed by atoms with Crippen molar-refractivity contribution in [3.63, 3.8) is 0 Å². The molecule has 2 aromatic rings. The summed E-state index contributed by atoms with van der Waals surface area (Å²) in [5, 5.41) is 5.40. The van der Waals surface area contributed by atoms with E-state index in [-0.39, 0.29) is 6.03 Å². The van der Waals surface area contributed by atoms with Crippen molar-refractivity contribution in [1.82, 2.24) is 10.3 Å². The summed E-state index contributed by atoms with van der Waals surface area (Å²) in [4.78, 5) is 27.8. The summed E-state index contributed by atoms with van der Waals surface area (Å²) in [6.07, 6.45) is 2.42. The molecule has 0 saturated carbocycles. The summed E-state index contributed by atoms with van der Waals surface area (Å²) in [5.74, 6) is -0.110. The number of nitrogens with one attached hydrogen (secondary N) is 2. The molecular weight excluding hydrogens is 294 g/mol. The number of anilines is 1. The zero-order valence-electron chi connectivity index (χ0n) is 13.1. The first-order valence-corrected chi connectivity index (χ1v) is 7.38. The minimum Gasteiger partial charge on any atom is -0.423 e. The first-order valence-electron chi connectivity index (χ1n) is 7.38. The van der Waals surface area contributed by atoms with Crippen molar-refractivity contribution in [1.29, 1.82) is 0 Å². The Morgan fingerprint density at radius 2 is 2.04 bits per heavy atom. The van der Waals surface area contributed by atoms with E-state index >= 15 is 0 Å². The number of hydrogen-bond acceptors (Lipinski definition) is 4. The molecule has 0 atom stereocenters. The molecule has 0 radical (unpaired) electrons. The molecule has 6 nitrogen and oxygen atoms in total. The van der Waals surface area contributed by atoms with Gasteiger partial charge in [-0.25, -0.2) is 9.59 Å². The lowest BCUT2D eigenvalue weighted by Crippen LogP contribution is -2.29. The summed E-state index contributed by atoms with van der Waals surface area (Å²) >= 11 is 0. The highest BCUT2D eigenvalue weighted by atomic mass is 16.5. The average molecular weight is 313 g/mol. The molecule has 1 heterocycles. The van der Waals surface area contributed by atoms with Crippen molar-refractivity contribution in [2.75, 3.05) is 11.9 Å². The molecule has 1 aromatic carbocycles. The van der Waals surface area contributed by atoms with Crippen molar-refractivity contribution in [2.45, 2.75) is 20.3 Å². The van der Waals surface area contributed by atoms with Gasteiger partial charge in [0.25, 0.3) is 0 Å². The number of ether oxygens (including phenoxy) is 1. The molecule has 23 heavy (non-hydrogen) atoms. The van der Waals surface area contributed by atoms with Gasteiger partial charge >= 0.3 is 12.0 Å². The number of aromatic nitrogens is 1. The van der Waals surface area contributed by atoms with Gasteiger partial charge in [0.2, 0.25) is 0 Å². The molecule has 0 fully saturated rings. The maximum Gasteiger partial charge on any atom is 0.343 e. The Hall–Kier alpha value is -2.89. The molecule has 0 spiro atoms. The van der Waals surface area contributed by atoms with Gasteiger partial charge in [0.1, 0.15) is 5.75 Å². The van der Waals surface area contributed by atoms with Crippen LogP contribution >= 0.6 is 0 Å². The second kappa shape index (κ2) is 7.93. The molecular formula is C17H19N3O3. The minimum atomic E-state index is -0.469. The summed E-state index contributed by atoms with van der Waals surface area (Å²) in [5.41, 5.74) is 1.72. The fourth-order valence-electron chi connectivity index (χ4n) is 1.89. The number of urea groups is 1. The van der Waals surface area contributed by atoms with Gasteiger partial charge in [-0.15, -0.1) is 0 Å². The molecule has 2 amide bonds. The Labute approximate surface area is 134 Å². The molecule has 0 unspecified atom stereocenters. The highest BCUT2D eigenvalue weighted by Gasteiger charge is 2.10. The Bertz CT molecular complexity index is 701. The van der Waals surface area contributed by atoms with Gasteiger partial charge in [0, 0.05) is 30.2 Å². The highest BCUT2D eigenvalue weighted by molar-refractivity contribution is 5.92. The molecule has 120 valence electrons. The molecule has 0 saturated heterocycles. The second-order valence-electron chi connectivity index (χ2n) is 4.98. The number of aryl methyl sites for hydroxylation is 1. The standard InChI is InChI=1S/C17H19N3O3/c1-3-8-19-17(22)20-14-5-4-6-15(11-14)23-16(21)13-7-9-18-12(2)10-13/h4-7,9-11H,3,8H2,1-2H3,(H2,19,20,22). The van der Waals surface area contributed by atoms with Gasteiger partial charge in [0.05, 0.1) is 5.56 Å². The summed E-state index contributed by atoms with van der Waals surface area (Å²) in [6, 6.07) is 9.63. The van der Waals surface area contributed by atoms with Crippen molar-refractivity contribution < 1.29 is 14.3 Å². The maximum atomic E-state index is 12.1. The molecule has 0 aliphatic heterocycles. The van der Waals surface area contributed by atoms with Crippen LogP contribution in [0.15, 0.2) is 42.6 Å². The first-order chi connectivity index (χ1) is 11.1. The van der Waals surface area contributed by atoms with Crippen LogP contribution in [-0.4, -0.2) is 23.5 Å². The number of benzene rings is 1. The van der Waals surface area contributed by atoms with Crippen LogP contribution in [0, 0.1) is 6.92 Å². The zero-order valence-corrected chi connectivity index (χ0v) is 13.1. The monoisotopic (exact) mass is 313 g/mol. The third kappa shape index (κ3) is 5.10. The lowest BCUT2D eigenvalue weighted by molar-refractivity contribution is 0.0734. The van der Waals surface area contributed by atoms with Gasteiger partial charge in [0.15, 0.2) is 0 Å². The van der Waals surface area contributed by atoms with Gasteiger partial charge in [-0.05, 0) is 37.6 Å². The maximum absolute atomic E-state index is 12.1. The normalized spacial score (nSPS) is 10.0. The van der Waals surface area contributed by atoms with Crippen LogP contribution in [-0.2, 0) is 0 Å². The van der Waals surface area contributed by atoms with Crippen molar-refractivity contribution in [2.24, 2.45) is 0 Å². The van der Waals surface area contributed by atoms with Crippen molar-refractivity contribution in [3.05, 3.63) is 53.9 Å². The van der Waals surface area contributed by atoms with E-state index in [2.05, 4.69) is 15.6 Å². The smallest absolute Gasteiger partial charge is 0.343 e. The number of pyridine rings is 1. The Kier molecular flexibility index (Phi) is 5.68. The fourth-order valence-corrected chi connectivity index (χ4v) is 1.89. The first kappa shape index (κ1) is 16.5. The second-order valence-corrected chi connectivity index (χ2v) is 4.98. The predicted molar refractivity (Wildman–Crippen MR) is 87.7 cm³/mol. The molecule has 0 aliphatic carbocycles. The summed E-state index contributed by atoms with van der Waals surface area (Å²) in [7, 11) is 0. The molecule has 6 heteroatoms. The number of nitrogens with zero attached hydrogens (tertiary/aromatic N) is 1. The topological polar surface area (TPSA) is 80.3 Å². The lowest BCUT2D eigenvalue weighted by atomic mass is 10.2. The number of carbonyl (C=O) groups excluding carboxylic acids is 2. The van der Waals surface area contributed by atoms with Crippen molar-refractivity contribution in [3.8, 4) is 5.75 Å². The van der Waals surface area contributed by atoms with Crippen LogP contribution in [0.2, 0.25) is 0 Å². The number of amides is 2. The third-order valence-corrected chi connectivity index (χ3v) is 2.97. The molecule has 0 bridgehead atoms. The molecule has 0 aliphatic rings. The Morgan fingerprint density at radius 3 is 2.78 bits per heavy atom. The van der Waals surface area contributed by atoms with Gasteiger partial charge in [-0.3, -0.25) is 4.98 Å². The Morgan fingerprint density at radius 1 is 1.22 bits per heavy atom. The number of esters is 1. The van der Waals surface area contributed by atoms with Gasteiger partial charge in [-0.2, -0.15) is 0 Å². The van der Waals surface area contributed by atoms with E-state index in [0.717, 1.165) is 12.1 Å². The quantitative estimate of drug-likeness (QED) is 0.656. The molecule has 1 aromatic heterocycles. The fraction of sp³-hybridized carbons (Fsp3) is 0.235. The van der Waals surface area contributed by atoms with E-state index in [9.17, 15) is 9.59 Å². The number of rotatable bonds is 5. The van der Waals surface area contributed by atoms with E-state index < -0.39 is 5.97 Å². The van der Waals surface area contributed by atoms with Crippen LogP contribution in [0.4, 0.5) is 10.5 Å². The van der Waals surface area contributed by atoms with E-state index in [1.807, 2.05) is 6.92 Å². The van der Waals surface area contributed by atoms with Crippen LogP contribution in [0.5, 0.6) is 5.75 Å². The average Bonchev–Trinajstić information content (AvgIpc) is 2.53. The minimum absolute atomic E-state index is 0.292. The predicted octanol–water partition coefficient (Wildman–Crippen LogP) is 3.14. The molecule has 2 N–H and O–H groups in total. The van der Waals surface area contributed by atoms with Crippen LogP contribution in [0.3, 0.4) is 0 Å². The van der Waals surface area contributed by atoms with E-state index in [1.54, 1.807) is 49.5 Å². The van der Waals surface area contributed by atoms with Gasteiger partial charge in [-0.1, -0.05) is 13.0 Å². The zero-order chi connectivity index (χ0) is 16.7.